The van der Waals surface area contributed by atoms with E-state index in [1.807, 2.05) is 25.1 Å². The minimum Gasteiger partial charge on any atom is -0.396 e. The zero-order valence-electron chi connectivity index (χ0n) is 13.7. The highest BCUT2D eigenvalue weighted by Gasteiger charge is 2.45. The molecule has 6 nitrogen and oxygen atoms in total. The number of benzene rings is 1. The van der Waals surface area contributed by atoms with Crippen LogP contribution in [0.3, 0.4) is 0 Å². The van der Waals surface area contributed by atoms with Gasteiger partial charge in [-0.15, -0.1) is 0 Å². The molecule has 2 atom stereocenters. The molecule has 126 valence electrons. The Bertz CT molecular complexity index is 813. The third kappa shape index (κ3) is 2.13. The Morgan fingerprint density at radius 1 is 1.29 bits per heavy atom. The number of para-hydroxylation sites is 1. The first kappa shape index (κ1) is 15.2. The molecule has 2 aliphatic rings. The van der Waals surface area contributed by atoms with Crippen LogP contribution < -0.4 is 0 Å². The lowest BCUT2D eigenvalue weighted by molar-refractivity contribution is -0.159. The van der Waals surface area contributed by atoms with E-state index >= 15 is 0 Å². The number of aliphatic hydroxyl groups is 1. The van der Waals surface area contributed by atoms with E-state index in [1.165, 1.54) is 0 Å². The monoisotopic (exact) mass is 327 g/mol. The minimum absolute atomic E-state index is 0.00849. The summed E-state index contributed by atoms with van der Waals surface area (Å²) in [6, 6.07) is 7.49. The van der Waals surface area contributed by atoms with E-state index in [4.69, 9.17) is 5.11 Å². The van der Waals surface area contributed by atoms with Crippen molar-refractivity contribution in [1.82, 2.24) is 14.8 Å². The first-order chi connectivity index (χ1) is 11.6. The molecule has 0 aliphatic carbocycles. The maximum absolute atomic E-state index is 12.9. The number of carbonyl (C=O) groups excluding carboxylic acids is 2. The van der Waals surface area contributed by atoms with Crippen LogP contribution in [0.15, 0.2) is 24.3 Å². The Hall–Kier alpha value is -2.34. The molecule has 0 unspecified atom stereocenters. The molecular weight excluding hydrogens is 306 g/mol. The van der Waals surface area contributed by atoms with Gasteiger partial charge in [-0.05, 0) is 25.0 Å². The highest BCUT2D eigenvalue weighted by Crippen LogP contribution is 2.38. The van der Waals surface area contributed by atoms with Crippen LogP contribution in [0.1, 0.15) is 30.6 Å². The number of hydrogen-bond donors (Lipinski definition) is 2. The molecule has 1 fully saturated rings. The molecule has 6 heteroatoms. The predicted molar refractivity (Wildman–Crippen MR) is 89.3 cm³/mol. The van der Waals surface area contributed by atoms with Gasteiger partial charge < -0.3 is 19.9 Å². The SMILES string of the molecule is C[C@@H]1c2[nH]c3ccccc3c2C[C@H]2C(=O)N(CCCO)CC(=O)N12. The molecule has 1 aromatic carbocycles. The van der Waals surface area contributed by atoms with Gasteiger partial charge in [0.2, 0.25) is 11.8 Å². The molecule has 0 saturated carbocycles. The van der Waals surface area contributed by atoms with Gasteiger partial charge >= 0.3 is 0 Å². The van der Waals surface area contributed by atoms with E-state index < -0.39 is 6.04 Å². The lowest BCUT2D eigenvalue weighted by Crippen LogP contribution is -2.62. The number of rotatable bonds is 3. The maximum atomic E-state index is 12.9. The van der Waals surface area contributed by atoms with Crippen LogP contribution in [0.4, 0.5) is 0 Å². The maximum Gasteiger partial charge on any atom is 0.246 e. The quantitative estimate of drug-likeness (QED) is 0.889. The Kier molecular flexibility index (Phi) is 3.57. The van der Waals surface area contributed by atoms with Gasteiger partial charge in [-0.1, -0.05) is 18.2 Å². The highest BCUT2D eigenvalue weighted by molar-refractivity contribution is 5.97. The van der Waals surface area contributed by atoms with Crippen LogP contribution in [-0.2, 0) is 16.0 Å². The Balaban J connectivity index is 1.74. The number of nitrogens with zero attached hydrogens (tertiary/aromatic N) is 2. The first-order valence-electron chi connectivity index (χ1n) is 8.42. The molecule has 1 aromatic heterocycles. The van der Waals surface area contributed by atoms with E-state index in [0.717, 1.165) is 22.2 Å². The Labute approximate surface area is 140 Å². The molecule has 2 aromatic rings. The van der Waals surface area contributed by atoms with E-state index in [2.05, 4.69) is 11.1 Å². The number of H-pyrrole nitrogens is 1. The van der Waals surface area contributed by atoms with Crippen LogP contribution in [0.2, 0.25) is 0 Å². The molecule has 0 spiro atoms. The molecule has 0 radical (unpaired) electrons. The van der Waals surface area contributed by atoms with Gasteiger partial charge in [0.15, 0.2) is 0 Å². The van der Waals surface area contributed by atoms with Crippen molar-refractivity contribution >= 4 is 22.7 Å². The third-order valence-corrected chi connectivity index (χ3v) is 5.21. The molecule has 24 heavy (non-hydrogen) atoms. The zero-order valence-corrected chi connectivity index (χ0v) is 13.7. The average molecular weight is 327 g/mol. The van der Waals surface area contributed by atoms with Gasteiger partial charge in [0.25, 0.3) is 0 Å². The third-order valence-electron chi connectivity index (χ3n) is 5.21. The Morgan fingerprint density at radius 3 is 2.88 bits per heavy atom. The first-order valence-corrected chi connectivity index (χ1v) is 8.42. The summed E-state index contributed by atoms with van der Waals surface area (Å²) in [4.78, 5) is 32.3. The summed E-state index contributed by atoms with van der Waals surface area (Å²) in [6.45, 7) is 2.54. The lowest BCUT2D eigenvalue weighted by atomic mass is 9.90. The van der Waals surface area contributed by atoms with Crippen molar-refractivity contribution in [1.29, 1.82) is 0 Å². The number of fused-ring (bicyclic) bond motifs is 4. The number of piperazine rings is 1. The lowest BCUT2D eigenvalue weighted by Gasteiger charge is -2.46. The average Bonchev–Trinajstić information content (AvgIpc) is 2.96. The van der Waals surface area contributed by atoms with Gasteiger partial charge in [0, 0.05) is 36.2 Å². The summed E-state index contributed by atoms with van der Waals surface area (Å²) in [5.41, 5.74) is 3.23. The minimum atomic E-state index is -0.438. The number of aromatic nitrogens is 1. The van der Waals surface area contributed by atoms with Crippen LogP contribution >= 0.6 is 0 Å². The molecule has 2 aliphatic heterocycles. The number of nitrogens with one attached hydrogen (secondary N) is 1. The fraction of sp³-hybridized carbons (Fsp3) is 0.444. The van der Waals surface area contributed by atoms with Crippen molar-refractivity contribution in [2.75, 3.05) is 19.7 Å². The number of hydrogen-bond acceptors (Lipinski definition) is 3. The molecule has 3 heterocycles. The van der Waals surface area contributed by atoms with Gasteiger partial charge in [-0.25, -0.2) is 0 Å². The van der Waals surface area contributed by atoms with Gasteiger partial charge in [-0.2, -0.15) is 0 Å². The summed E-state index contributed by atoms with van der Waals surface area (Å²) in [7, 11) is 0. The second-order valence-electron chi connectivity index (χ2n) is 6.60. The summed E-state index contributed by atoms with van der Waals surface area (Å²) in [5, 5.41) is 10.1. The normalized spacial score (nSPS) is 23.6. The van der Waals surface area contributed by atoms with E-state index in [-0.39, 0.29) is 31.0 Å². The van der Waals surface area contributed by atoms with Gasteiger partial charge in [0.05, 0.1) is 12.6 Å². The van der Waals surface area contributed by atoms with Crippen molar-refractivity contribution < 1.29 is 14.7 Å². The second kappa shape index (κ2) is 5.63. The van der Waals surface area contributed by atoms with Crippen molar-refractivity contribution in [3.05, 3.63) is 35.5 Å². The molecule has 0 bridgehead atoms. The second-order valence-corrected chi connectivity index (χ2v) is 6.60. The molecular formula is C18H21N3O3. The van der Waals surface area contributed by atoms with Crippen LogP contribution in [-0.4, -0.2) is 57.4 Å². The summed E-state index contributed by atoms with van der Waals surface area (Å²) >= 11 is 0. The van der Waals surface area contributed by atoms with Crippen LogP contribution in [0.25, 0.3) is 10.9 Å². The smallest absolute Gasteiger partial charge is 0.246 e. The molecule has 2 N–H and O–H groups in total. The summed E-state index contributed by atoms with van der Waals surface area (Å²) < 4.78 is 0. The van der Waals surface area contributed by atoms with Gasteiger partial charge in [-0.3, -0.25) is 9.59 Å². The zero-order chi connectivity index (χ0) is 16.8. The van der Waals surface area contributed by atoms with Crippen molar-refractivity contribution in [2.45, 2.75) is 31.8 Å². The number of aliphatic hydroxyl groups excluding tert-OH is 1. The van der Waals surface area contributed by atoms with E-state index in [9.17, 15) is 9.59 Å². The van der Waals surface area contributed by atoms with E-state index in [1.54, 1.807) is 9.80 Å². The molecule has 4 rings (SSSR count). The summed E-state index contributed by atoms with van der Waals surface area (Å²) in [5.74, 6) is -0.0276. The standard InChI is InChI=1S/C18H21N3O3/c1-11-17-13(12-5-2-3-6-14(12)19-17)9-15-18(24)20(7-4-8-22)10-16(23)21(11)15/h2-3,5-6,11,15,19,22H,4,7-10H2,1H3/t11-,15+/m1/s1. The largest absolute Gasteiger partial charge is 0.396 e. The highest BCUT2D eigenvalue weighted by atomic mass is 16.3. The molecule has 2 amide bonds. The summed E-state index contributed by atoms with van der Waals surface area (Å²) in [6.07, 6.45) is 1.05. The van der Waals surface area contributed by atoms with Crippen LogP contribution in [0.5, 0.6) is 0 Å². The fourth-order valence-corrected chi connectivity index (χ4v) is 4.08. The Morgan fingerprint density at radius 2 is 2.08 bits per heavy atom. The molecule has 1 saturated heterocycles. The predicted octanol–water partition coefficient (Wildman–Crippen LogP) is 1.21. The number of amides is 2. The van der Waals surface area contributed by atoms with Crippen molar-refractivity contribution in [3.63, 3.8) is 0 Å². The topological polar surface area (TPSA) is 76.6 Å². The fourth-order valence-electron chi connectivity index (χ4n) is 4.08. The van der Waals surface area contributed by atoms with Gasteiger partial charge in [0.1, 0.15) is 6.04 Å². The van der Waals surface area contributed by atoms with Crippen molar-refractivity contribution in [3.8, 4) is 0 Å². The number of aromatic amines is 1. The van der Waals surface area contributed by atoms with E-state index in [0.29, 0.717) is 19.4 Å². The van der Waals surface area contributed by atoms with Crippen molar-refractivity contribution in [2.24, 2.45) is 0 Å². The number of carbonyl (C=O) groups is 2. The van der Waals surface area contributed by atoms with Crippen LogP contribution in [0, 0.1) is 0 Å².